The molecule has 0 aliphatic heterocycles. The standard InChI is InChI=1S/C8H16O2.Li.H/c1-3-4-5-6-7-10-8-9-2;;/h4-5H,3,6-8H2,1-2H3;;/q;+1;-1/b5-4-;;. The van der Waals surface area contributed by atoms with Crippen LogP contribution in [0.2, 0.25) is 0 Å². The summed E-state index contributed by atoms with van der Waals surface area (Å²) in [7, 11) is 1.63. The molecule has 62 valence electrons. The first kappa shape index (κ1) is 13.8. The second-order valence-electron chi connectivity index (χ2n) is 1.98. The quantitative estimate of drug-likeness (QED) is 0.212. The van der Waals surface area contributed by atoms with Crippen molar-refractivity contribution < 1.29 is 29.8 Å². The van der Waals surface area contributed by atoms with Gasteiger partial charge in [0, 0.05) is 7.11 Å². The van der Waals surface area contributed by atoms with Gasteiger partial charge in [-0.3, -0.25) is 0 Å². The second kappa shape index (κ2) is 12.9. The molecule has 2 nitrogen and oxygen atoms in total. The molecule has 0 aromatic rings. The average Bonchev–Trinajstić information content (AvgIpc) is 1.97. The smallest absolute Gasteiger partial charge is 1.00 e. The van der Waals surface area contributed by atoms with Gasteiger partial charge in [-0.25, -0.2) is 0 Å². The summed E-state index contributed by atoms with van der Waals surface area (Å²) in [6.45, 7) is 3.27. The van der Waals surface area contributed by atoms with Gasteiger partial charge in [0.2, 0.25) is 0 Å². The van der Waals surface area contributed by atoms with Crippen molar-refractivity contribution in [1.82, 2.24) is 0 Å². The van der Waals surface area contributed by atoms with Crippen LogP contribution in [0.5, 0.6) is 0 Å². The van der Waals surface area contributed by atoms with E-state index in [1.54, 1.807) is 7.11 Å². The van der Waals surface area contributed by atoms with Crippen LogP contribution in [-0.4, -0.2) is 20.5 Å². The van der Waals surface area contributed by atoms with Gasteiger partial charge in [-0.1, -0.05) is 19.1 Å². The molecule has 0 spiro atoms. The van der Waals surface area contributed by atoms with Crippen molar-refractivity contribution in [2.75, 3.05) is 20.5 Å². The van der Waals surface area contributed by atoms with E-state index >= 15 is 0 Å². The molecule has 0 aliphatic rings. The normalized spacial score (nSPS) is 10.0. The Morgan fingerprint density at radius 2 is 2.09 bits per heavy atom. The molecule has 0 unspecified atom stereocenters. The molecule has 0 atom stereocenters. The van der Waals surface area contributed by atoms with E-state index in [2.05, 4.69) is 19.1 Å². The van der Waals surface area contributed by atoms with Crippen LogP contribution in [0.3, 0.4) is 0 Å². The molecular weight excluding hydrogens is 135 g/mol. The summed E-state index contributed by atoms with van der Waals surface area (Å²) >= 11 is 0. The Labute approximate surface area is 82.6 Å². The minimum absolute atomic E-state index is 0. The van der Waals surface area contributed by atoms with Crippen molar-refractivity contribution >= 4 is 0 Å². The zero-order valence-electron chi connectivity index (χ0n) is 8.80. The number of ether oxygens (including phenoxy) is 2. The third kappa shape index (κ3) is 13.3. The van der Waals surface area contributed by atoms with E-state index < -0.39 is 0 Å². The fourth-order valence-electron chi connectivity index (χ4n) is 0.578. The first-order valence-electron chi connectivity index (χ1n) is 3.63. The van der Waals surface area contributed by atoms with Gasteiger partial charge in [0.25, 0.3) is 0 Å². The molecule has 0 amide bonds. The first-order chi connectivity index (χ1) is 4.91. The Balaban J connectivity index is -0.000000405. The maximum Gasteiger partial charge on any atom is 1.00 e. The van der Waals surface area contributed by atoms with E-state index in [0.29, 0.717) is 6.79 Å². The Morgan fingerprint density at radius 3 is 2.64 bits per heavy atom. The minimum Gasteiger partial charge on any atom is -1.00 e. The van der Waals surface area contributed by atoms with Crippen molar-refractivity contribution in [2.24, 2.45) is 0 Å². The fraction of sp³-hybridized carbons (Fsp3) is 0.750. The zero-order valence-corrected chi connectivity index (χ0v) is 7.80. The van der Waals surface area contributed by atoms with Gasteiger partial charge < -0.3 is 10.9 Å². The summed E-state index contributed by atoms with van der Waals surface area (Å²) in [5.74, 6) is 0. The SMILES string of the molecule is CC/C=C\CCOCOC.[H-].[Li+]. The number of rotatable bonds is 6. The monoisotopic (exact) mass is 152 g/mol. The summed E-state index contributed by atoms with van der Waals surface area (Å²) in [5.41, 5.74) is 0. The average molecular weight is 152 g/mol. The molecule has 3 heteroatoms. The van der Waals surface area contributed by atoms with Crippen LogP contribution in [0, 0.1) is 0 Å². The van der Waals surface area contributed by atoms with Crippen LogP contribution in [0.25, 0.3) is 0 Å². The van der Waals surface area contributed by atoms with E-state index in [-0.39, 0.29) is 20.3 Å². The Kier molecular flexibility index (Phi) is 16.2. The summed E-state index contributed by atoms with van der Waals surface area (Å²) in [6, 6.07) is 0. The van der Waals surface area contributed by atoms with Gasteiger partial charge in [0.15, 0.2) is 0 Å². The van der Waals surface area contributed by atoms with Crippen LogP contribution in [-0.2, 0) is 9.47 Å². The summed E-state index contributed by atoms with van der Waals surface area (Å²) in [6.07, 6.45) is 6.34. The first-order valence-corrected chi connectivity index (χ1v) is 3.63. The summed E-state index contributed by atoms with van der Waals surface area (Å²) < 4.78 is 9.76. The molecule has 0 N–H and O–H groups in total. The summed E-state index contributed by atoms with van der Waals surface area (Å²) in [5, 5.41) is 0. The third-order valence-electron chi connectivity index (χ3n) is 1.03. The number of hydrogen-bond donors (Lipinski definition) is 0. The van der Waals surface area contributed by atoms with Gasteiger partial charge in [0.05, 0.1) is 6.61 Å². The third-order valence-corrected chi connectivity index (χ3v) is 1.03. The predicted octanol–water partition coefficient (Wildman–Crippen LogP) is -0.920. The maximum absolute atomic E-state index is 5.06. The van der Waals surface area contributed by atoms with Gasteiger partial charge >= 0.3 is 18.9 Å². The van der Waals surface area contributed by atoms with Gasteiger partial charge in [-0.15, -0.1) is 0 Å². The van der Waals surface area contributed by atoms with Crippen LogP contribution < -0.4 is 18.9 Å². The van der Waals surface area contributed by atoms with Gasteiger partial charge in [0.1, 0.15) is 6.79 Å². The van der Waals surface area contributed by atoms with Crippen molar-refractivity contribution in [3.05, 3.63) is 12.2 Å². The van der Waals surface area contributed by atoms with E-state index in [4.69, 9.17) is 9.47 Å². The topological polar surface area (TPSA) is 18.5 Å². The maximum atomic E-state index is 5.06. The molecule has 0 aliphatic carbocycles. The van der Waals surface area contributed by atoms with E-state index in [9.17, 15) is 0 Å². The molecule has 0 fully saturated rings. The van der Waals surface area contributed by atoms with Crippen LogP contribution >= 0.6 is 0 Å². The molecule has 0 radical (unpaired) electrons. The molecule has 0 saturated carbocycles. The number of allylic oxidation sites excluding steroid dienone is 1. The van der Waals surface area contributed by atoms with E-state index in [1.165, 1.54) is 0 Å². The largest absolute Gasteiger partial charge is 1.00 e. The van der Waals surface area contributed by atoms with Crippen molar-refractivity contribution in [3.63, 3.8) is 0 Å². The molecule has 0 bridgehead atoms. The van der Waals surface area contributed by atoms with E-state index in [0.717, 1.165) is 19.4 Å². The fourth-order valence-corrected chi connectivity index (χ4v) is 0.578. The number of methoxy groups -OCH3 is 1. The minimum atomic E-state index is 0. The van der Waals surface area contributed by atoms with Crippen LogP contribution in [0.1, 0.15) is 21.2 Å². The van der Waals surface area contributed by atoms with E-state index in [1.807, 2.05) is 0 Å². The molecule has 0 rings (SSSR count). The molecular formula is C8H17LiO2. The second-order valence-corrected chi connectivity index (χ2v) is 1.98. The van der Waals surface area contributed by atoms with Crippen molar-refractivity contribution in [2.45, 2.75) is 19.8 Å². The molecule has 11 heavy (non-hydrogen) atoms. The molecule has 0 heterocycles. The molecule has 0 aromatic heterocycles. The molecule has 0 aromatic carbocycles. The Bertz CT molecular complexity index is 89.1. The van der Waals surface area contributed by atoms with Crippen molar-refractivity contribution in [3.8, 4) is 0 Å². The van der Waals surface area contributed by atoms with Gasteiger partial charge in [-0.05, 0) is 12.8 Å². The van der Waals surface area contributed by atoms with Gasteiger partial charge in [-0.2, -0.15) is 0 Å². The van der Waals surface area contributed by atoms with Crippen LogP contribution in [0.4, 0.5) is 0 Å². The number of hydrogen-bond acceptors (Lipinski definition) is 2. The Hall–Kier alpha value is 0.257. The molecule has 0 saturated heterocycles. The Morgan fingerprint density at radius 1 is 1.36 bits per heavy atom. The van der Waals surface area contributed by atoms with Crippen molar-refractivity contribution in [1.29, 1.82) is 0 Å². The summed E-state index contributed by atoms with van der Waals surface area (Å²) in [4.78, 5) is 0. The zero-order chi connectivity index (χ0) is 7.66. The predicted molar refractivity (Wildman–Crippen MR) is 43.0 cm³/mol. The van der Waals surface area contributed by atoms with Crippen LogP contribution in [0.15, 0.2) is 12.2 Å².